The third-order valence-corrected chi connectivity index (χ3v) is 10.2. The number of ether oxygens (including phenoxy) is 1. The van der Waals surface area contributed by atoms with Gasteiger partial charge in [0.15, 0.2) is 0 Å². The highest BCUT2D eigenvalue weighted by molar-refractivity contribution is 5.87. The van der Waals surface area contributed by atoms with E-state index >= 15 is 0 Å². The molecule has 0 heterocycles. The minimum atomic E-state index is -0.0583. The SMILES string of the molecule is COc1cc2c(cc1CCCCCC(=O)NC1CCCCC1)C1CC[C@]3(C)C(=O)CCC3C1CC2. The minimum absolute atomic E-state index is 0.0583. The quantitative estimate of drug-likeness (QED) is 0.424. The lowest BCUT2D eigenvalue weighted by molar-refractivity contribution is -0.129. The lowest BCUT2D eigenvalue weighted by Crippen LogP contribution is -2.42. The molecule has 4 nitrogen and oxygen atoms in total. The van der Waals surface area contributed by atoms with Crippen LogP contribution in [0.2, 0.25) is 0 Å². The highest BCUT2D eigenvalue weighted by Crippen LogP contribution is 2.59. The van der Waals surface area contributed by atoms with E-state index in [9.17, 15) is 9.59 Å². The van der Waals surface area contributed by atoms with Crippen LogP contribution in [0.4, 0.5) is 0 Å². The van der Waals surface area contributed by atoms with Crippen LogP contribution in [0.5, 0.6) is 5.75 Å². The summed E-state index contributed by atoms with van der Waals surface area (Å²) in [6.45, 7) is 2.26. The van der Waals surface area contributed by atoms with Gasteiger partial charge in [0.25, 0.3) is 0 Å². The predicted molar refractivity (Wildman–Crippen MR) is 140 cm³/mol. The molecule has 4 heteroatoms. The van der Waals surface area contributed by atoms with Crippen molar-refractivity contribution in [2.45, 2.75) is 122 Å². The summed E-state index contributed by atoms with van der Waals surface area (Å²) >= 11 is 0. The number of aryl methyl sites for hydroxylation is 2. The van der Waals surface area contributed by atoms with E-state index in [0.29, 0.717) is 36.0 Å². The molecule has 4 aliphatic rings. The molecule has 0 spiro atoms. The van der Waals surface area contributed by atoms with Crippen LogP contribution < -0.4 is 10.1 Å². The van der Waals surface area contributed by atoms with E-state index < -0.39 is 0 Å². The van der Waals surface area contributed by atoms with E-state index in [4.69, 9.17) is 4.74 Å². The summed E-state index contributed by atoms with van der Waals surface area (Å²) in [6, 6.07) is 5.19. The summed E-state index contributed by atoms with van der Waals surface area (Å²) in [5, 5.41) is 3.25. The van der Waals surface area contributed by atoms with E-state index in [-0.39, 0.29) is 11.3 Å². The molecule has 0 bridgehead atoms. The van der Waals surface area contributed by atoms with E-state index in [0.717, 1.165) is 76.4 Å². The maximum absolute atomic E-state index is 12.7. The number of carbonyl (C=O) groups is 2. The average molecular weight is 480 g/mol. The molecule has 4 aliphatic carbocycles. The Labute approximate surface area is 212 Å². The molecule has 1 amide bonds. The van der Waals surface area contributed by atoms with Crippen molar-refractivity contribution in [2.24, 2.45) is 17.3 Å². The number of benzene rings is 1. The summed E-state index contributed by atoms with van der Waals surface area (Å²) in [4.78, 5) is 25.0. The van der Waals surface area contributed by atoms with Gasteiger partial charge in [0.2, 0.25) is 5.91 Å². The van der Waals surface area contributed by atoms with E-state index in [2.05, 4.69) is 24.4 Å². The number of fused-ring (bicyclic) bond motifs is 5. The Morgan fingerprint density at radius 3 is 2.66 bits per heavy atom. The first-order chi connectivity index (χ1) is 17.0. The van der Waals surface area contributed by atoms with Crippen molar-refractivity contribution in [1.82, 2.24) is 5.32 Å². The van der Waals surface area contributed by atoms with Crippen molar-refractivity contribution >= 4 is 11.7 Å². The first kappa shape index (κ1) is 24.8. The molecule has 3 fully saturated rings. The van der Waals surface area contributed by atoms with Crippen LogP contribution in [0, 0.1) is 17.3 Å². The molecule has 3 saturated carbocycles. The van der Waals surface area contributed by atoms with Gasteiger partial charge in [0.05, 0.1) is 7.11 Å². The van der Waals surface area contributed by atoms with Crippen molar-refractivity contribution in [3.63, 3.8) is 0 Å². The fraction of sp³-hybridized carbons (Fsp3) is 0.742. The maximum atomic E-state index is 12.7. The predicted octanol–water partition coefficient (Wildman–Crippen LogP) is 6.67. The van der Waals surface area contributed by atoms with Crippen molar-refractivity contribution in [3.8, 4) is 5.75 Å². The smallest absolute Gasteiger partial charge is 0.220 e. The monoisotopic (exact) mass is 479 g/mol. The molecule has 3 unspecified atom stereocenters. The lowest BCUT2D eigenvalue weighted by atomic mass is 9.55. The van der Waals surface area contributed by atoms with Crippen LogP contribution in [-0.2, 0) is 22.4 Å². The molecule has 0 saturated heterocycles. The van der Waals surface area contributed by atoms with E-state index in [1.165, 1.54) is 36.8 Å². The first-order valence-corrected chi connectivity index (χ1v) is 14.5. The van der Waals surface area contributed by atoms with Crippen molar-refractivity contribution < 1.29 is 14.3 Å². The Kier molecular flexibility index (Phi) is 7.55. The standard InChI is InChI=1S/C31H45NO3/c1-31-18-17-24-25(27(31)15-16-29(31)33)14-13-21-20-28(35-2)22(19-26(21)24)9-5-3-8-12-30(34)32-23-10-6-4-7-11-23/h19-20,23-25,27H,3-18H2,1-2H3,(H,32,34)/t24?,25?,27?,31-/m0/s1. The molecule has 5 rings (SSSR count). The van der Waals surface area contributed by atoms with Gasteiger partial charge in [-0.25, -0.2) is 0 Å². The van der Waals surface area contributed by atoms with Gasteiger partial charge in [0, 0.05) is 24.3 Å². The molecular weight excluding hydrogens is 434 g/mol. The van der Waals surface area contributed by atoms with Crippen LogP contribution in [0.25, 0.3) is 0 Å². The summed E-state index contributed by atoms with van der Waals surface area (Å²) in [5.41, 5.74) is 4.29. The van der Waals surface area contributed by atoms with Gasteiger partial charge in [-0.15, -0.1) is 0 Å². The van der Waals surface area contributed by atoms with Gasteiger partial charge in [-0.1, -0.05) is 38.7 Å². The van der Waals surface area contributed by atoms with Crippen molar-refractivity contribution in [2.75, 3.05) is 7.11 Å². The molecule has 192 valence electrons. The Bertz CT molecular complexity index is 933. The fourth-order valence-corrected chi connectivity index (χ4v) is 8.13. The average Bonchev–Trinajstić information content (AvgIpc) is 3.18. The second-order valence-electron chi connectivity index (χ2n) is 12.2. The largest absolute Gasteiger partial charge is 0.496 e. The van der Waals surface area contributed by atoms with Gasteiger partial charge in [-0.3, -0.25) is 9.59 Å². The Hall–Kier alpha value is -1.84. The third-order valence-electron chi connectivity index (χ3n) is 10.2. The number of hydrogen-bond donors (Lipinski definition) is 1. The van der Waals surface area contributed by atoms with Gasteiger partial charge < -0.3 is 10.1 Å². The van der Waals surface area contributed by atoms with Crippen LogP contribution >= 0.6 is 0 Å². The number of unbranched alkanes of at least 4 members (excludes halogenated alkanes) is 2. The zero-order valence-electron chi connectivity index (χ0n) is 22.0. The Morgan fingerprint density at radius 2 is 1.86 bits per heavy atom. The summed E-state index contributed by atoms with van der Waals surface area (Å²) in [7, 11) is 1.79. The van der Waals surface area contributed by atoms with E-state index in [1.807, 2.05) is 0 Å². The molecule has 1 aromatic carbocycles. The van der Waals surface area contributed by atoms with Gasteiger partial charge in [-0.2, -0.15) is 0 Å². The summed E-state index contributed by atoms with van der Waals surface area (Å²) < 4.78 is 5.82. The number of ketones is 1. The normalized spacial score (nSPS) is 30.3. The molecule has 4 atom stereocenters. The number of Topliss-reactive ketones (excluding diaryl/α,β-unsaturated/α-hetero) is 1. The molecule has 35 heavy (non-hydrogen) atoms. The Balaban J connectivity index is 1.17. The summed E-state index contributed by atoms with van der Waals surface area (Å²) in [6.07, 6.45) is 17.4. The van der Waals surface area contributed by atoms with Gasteiger partial charge >= 0.3 is 0 Å². The second-order valence-corrected chi connectivity index (χ2v) is 12.2. The zero-order valence-corrected chi connectivity index (χ0v) is 22.0. The molecule has 0 aliphatic heterocycles. The minimum Gasteiger partial charge on any atom is -0.496 e. The van der Waals surface area contributed by atoms with Crippen LogP contribution in [0.1, 0.15) is 119 Å². The van der Waals surface area contributed by atoms with Crippen LogP contribution in [0.3, 0.4) is 0 Å². The zero-order chi connectivity index (χ0) is 24.4. The number of rotatable bonds is 8. The molecule has 1 aromatic rings. The maximum Gasteiger partial charge on any atom is 0.220 e. The second kappa shape index (κ2) is 10.6. The molecule has 0 radical (unpaired) electrons. The summed E-state index contributed by atoms with van der Waals surface area (Å²) in [5.74, 6) is 3.65. The van der Waals surface area contributed by atoms with Crippen molar-refractivity contribution in [1.29, 1.82) is 0 Å². The number of nitrogens with one attached hydrogen (secondary N) is 1. The molecular formula is C31H45NO3. The van der Waals surface area contributed by atoms with Gasteiger partial charge in [0.1, 0.15) is 11.5 Å². The molecule has 1 N–H and O–H groups in total. The number of carbonyl (C=O) groups excluding carboxylic acids is 2. The van der Waals surface area contributed by atoms with Crippen LogP contribution in [-0.4, -0.2) is 24.8 Å². The highest BCUT2D eigenvalue weighted by Gasteiger charge is 2.54. The highest BCUT2D eigenvalue weighted by atomic mass is 16.5. The topological polar surface area (TPSA) is 55.4 Å². The number of methoxy groups -OCH3 is 1. The first-order valence-electron chi connectivity index (χ1n) is 14.5. The number of amides is 1. The lowest BCUT2D eigenvalue weighted by Gasteiger charge is -2.48. The Morgan fingerprint density at radius 1 is 1.03 bits per heavy atom. The van der Waals surface area contributed by atoms with Crippen molar-refractivity contribution in [3.05, 3.63) is 28.8 Å². The molecule has 0 aromatic heterocycles. The number of hydrogen-bond acceptors (Lipinski definition) is 3. The van der Waals surface area contributed by atoms with E-state index in [1.54, 1.807) is 12.7 Å². The third kappa shape index (κ3) is 5.04. The van der Waals surface area contributed by atoms with Crippen LogP contribution in [0.15, 0.2) is 12.1 Å². The van der Waals surface area contributed by atoms with Gasteiger partial charge in [-0.05, 0) is 105 Å². The fourth-order valence-electron chi connectivity index (χ4n) is 8.13.